The maximum absolute atomic E-state index is 13.5. The summed E-state index contributed by atoms with van der Waals surface area (Å²) in [4.78, 5) is 15.7. The van der Waals surface area contributed by atoms with E-state index in [2.05, 4.69) is 11.8 Å². The first-order valence-corrected chi connectivity index (χ1v) is 11.5. The molecule has 0 aliphatic carbocycles. The minimum Gasteiger partial charge on any atom is -0.497 e. The summed E-state index contributed by atoms with van der Waals surface area (Å²) in [6, 6.07) is 13.3. The smallest absolute Gasteiger partial charge is 0.257 e. The summed E-state index contributed by atoms with van der Waals surface area (Å²) in [5, 5.41) is 6.48. The second-order valence-corrected chi connectivity index (χ2v) is 8.77. The van der Waals surface area contributed by atoms with E-state index >= 15 is 0 Å². The number of methoxy groups -OCH3 is 3. The van der Waals surface area contributed by atoms with Gasteiger partial charge in [0.15, 0.2) is 0 Å². The van der Waals surface area contributed by atoms with Gasteiger partial charge in [-0.2, -0.15) is 5.10 Å². The van der Waals surface area contributed by atoms with Gasteiger partial charge in [0.05, 0.1) is 39.6 Å². The van der Waals surface area contributed by atoms with E-state index in [1.807, 2.05) is 42.5 Å². The number of benzene rings is 2. The molecule has 0 radical (unpaired) electrons. The molecular weight excluding hydrogens is 418 g/mol. The number of hydrazone groups is 1. The van der Waals surface area contributed by atoms with Gasteiger partial charge in [-0.25, -0.2) is 5.01 Å². The number of carbonyl (C=O) groups is 1. The van der Waals surface area contributed by atoms with E-state index in [0.29, 0.717) is 24.5 Å². The number of piperidine rings is 1. The van der Waals surface area contributed by atoms with Crippen LogP contribution in [0.15, 0.2) is 47.6 Å². The van der Waals surface area contributed by atoms with Crippen LogP contribution in [-0.4, -0.2) is 62.5 Å². The van der Waals surface area contributed by atoms with E-state index in [0.717, 1.165) is 54.4 Å². The maximum Gasteiger partial charge on any atom is 0.257 e. The summed E-state index contributed by atoms with van der Waals surface area (Å²) in [5.41, 5.74) is 2.62. The first kappa shape index (κ1) is 23.1. The average Bonchev–Trinajstić information content (AvgIpc) is 3.30. The summed E-state index contributed by atoms with van der Waals surface area (Å²) in [7, 11) is 4.91. The van der Waals surface area contributed by atoms with Crippen LogP contribution >= 0.6 is 0 Å². The number of likely N-dealkylation sites (tertiary alicyclic amines) is 1. The van der Waals surface area contributed by atoms with Crippen molar-refractivity contribution in [2.24, 2.45) is 11.0 Å². The lowest BCUT2D eigenvalue weighted by Crippen LogP contribution is -2.41. The number of hydrogen-bond donors (Lipinski definition) is 0. The van der Waals surface area contributed by atoms with Crippen LogP contribution < -0.4 is 14.2 Å². The van der Waals surface area contributed by atoms with Crippen molar-refractivity contribution in [3.8, 4) is 17.2 Å². The highest BCUT2D eigenvalue weighted by Crippen LogP contribution is 2.39. The van der Waals surface area contributed by atoms with Crippen molar-refractivity contribution in [3.63, 3.8) is 0 Å². The molecule has 1 atom stereocenters. The number of ether oxygens (including phenoxy) is 3. The lowest BCUT2D eigenvalue weighted by atomic mass is 9.97. The summed E-state index contributed by atoms with van der Waals surface area (Å²) in [6.07, 6.45) is 2.83. The first-order valence-electron chi connectivity index (χ1n) is 11.5. The Labute approximate surface area is 195 Å². The van der Waals surface area contributed by atoms with Crippen LogP contribution in [0.4, 0.5) is 0 Å². The quantitative estimate of drug-likeness (QED) is 0.634. The van der Waals surface area contributed by atoms with Gasteiger partial charge in [0.1, 0.15) is 17.2 Å². The Balaban J connectivity index is 1.66. The number of hydrogen-bond acceptors (Lipinski definition) is 6. The fourth-order valence-electron chi connectivity index (χ4n) is 4.61. The fraction of sp³-hybridized carbons (Fsp3) is 0.462. The minimum absolute atomic E-state index is 0.00272. The molecule has 0 aromatic heterocycles. The van der Waals surface area contributed by atoms with E-state index in [1.54, 1.807) is 26.3 Å². The molecule has 2 heterocycles. The predicted octanol–water partition coefficient (Wildman–Crippen LogP) is 4.12. The average molecular weight is 452 g/mol. The second kappa shape index (κ2) is 10.3. The van der Waals surface area contributed by atoms with Crippen LogP contribution in [0.1, 0.15) is 43.4 Å². The van der Waals surface area contributed by atoms with Gasteiger partial charge in [0, 0.05) is 23.6 Å². The van der Waals surface area contributed by atoms with Crippen molar-refractivity contribution in [2.75, 3.05) is 41.0 Å². The molecule has 0 N–H and O–H groups in total. The summed E-state index contributed by atoms with van der Waals surface area (Å²) in [6.45, 7) is 4.54. The van der Waals surface area contributed by atoms with Crippen molar-refractivity contribution >= 4 is 11.6 Å². The molecule has 7 heteroatoms. The molecule has 2 aliphatic rings. The first-order chi connectivity index (χ1) is 16.0. The lowest BCUT2D eigenvalue weighted by Gasteiger charge is -2.31. The van der Waals surface area contributed by atoms with Crippen LogP contribution in [0.3, 0.4) is 0 Å². The highest BCUT2D eigenvalue weighted by atomic mass is 16.5. The normalized spacial score (nSPS) is 19.3. The molecule has 1 saturated heterocycles. The highest BCUT2D eigenvalue weighted by molar-refractivity contribution is 6.05. The predicted molar refractivity (Wildman–Crippen MR) is 128 cm³/mol. The standard InChI is InChI=1S/C26H33N3O4/c1-18-11-13-28(14-12-18)17-26(30)29-23(21-7-5-6-8-24(21)32-3)16-22(27-29)20-10-9-19(31-2)15-25(20)33-4/h5-10,15,18,23H,11-14,16-17H2,1-4H3/t23-/m0/s1. The van der Waals surface area contributed by atoms with Crippen LogP contribution in [-0.2, 0) is 4.79 Å². The third-order valence-corrected chi connectivity index (χ3v) is 6.62. The van der Waals surface area contributed by atoms with Crippen molar-refractivity contribution in [1.82, 2.24) is 9.91 Å². The molecule has 0 unspecified atom stereocenters. The van der Waals surface area contributed by atoms with E-state index in [4.69, 9.17) is 19.3 Å². The third kappa shape index (κ3) is 4.98. The van der Waals surface area contributed by atoms with E-state index in [9.17, 15) is 4.79 Å². The molecule has 1 fully saturated rings. The Bertz CT molecular complexity index is 1010. The fourth-order valence-corrected chi connectivity index (χ4v) is 4.61. The summed E-state index contributed by atoms with van der Waals surface area (Å²) >= 11 is 0. The number of para-hydroxylation sites is 1. The zero-order chi connectivity index (χ0) is 23.4. The van der Waals surface area contributed by atoms with Gasteiger partial charge in [-0.05, 0) is 50.0 Å². The molecule has 33 heavy (non-hydrogen) atoms. The number of nitrogens with zero attached hydrogens (tertiary/aromatic N) is 3. The van der Waals surface area contributed by atoms with Gasteiger partial charge < -0.3 is 14.2 Å². The Morgan fingerprint density at radius 3 is 2.42 bits per heavy atom. The number of rotatable bonds is 7. The molecule has 7 nitrogen and oxygen atoms in total. The molecule has 0 bridgehead atoms. The number of amides is 1. The molecule has 4 rings (SSSR count). The zero-order valence-electron chi connectivity index (χ0n) is 19.9. The van der Waals surface area contributed by atoms with E-state index < -0.39 is 0 Å². The molecule has 2 aliphatic heterocycles. The van der Waals surface area contributed by atoms with Crippen LogP contribution in [0, 0.1) is 5.92 Å². The Morgan fingerprint density at radius 1 is 1.00 bits per heavy atom. The van der Waals surface area contributed by atoms with Crippen molar-refractivity contribution in [1.29, 1.82) is 0 Å². The second-order valence-electron chi connectivity index (χ2n) is 8.77. The Kier molecular flexibility index (Phi) is 7.18. The lowest BCUT2D eigenvalue weighted by molar-refractivity contribution is -0.134. The van der Waals surface area contributed by atoms with Crippen molar-refractivity contribution < 1.29 is 19.0 Å². The largest absolute Gasteiger partial charge is 0.497 e. The summed E-state index contributed by atoms with van der Waals surface area (Å²) < 4.78 is 16.6. The van der Waals surface area contributed by atoms with Crippen molar-refractivity contribution in [3.05, 3.63) is 53.6 Å². The Hall–Kier alpha value is -3.06. The molecule has 2 aromatic rings. The molecule has 2 aromatic carbocycles. The van der Waals surface area contributed by atoms with Crippen LogP contribution in [0.2, 0.25) is 0 Å². The Morgan fingerprint density at radius 2 is 1.73 bits per heavy atom. The van der Waals surface area contributed by atoms with Gasteiger partial charge in [-0.1, -0.05) is 25.1 Å². The molecule has 0 saturated carbocycles. The SMILES string of the molecule is COc1ccc(C2=NN(C(=O)CN3CCC(C)CC3)[C@H](c3ccccc3OC)C2)c(OC)c1. The van der Waals surface area contributed by atoms with Gasteiger partial charge in [-0.3, -0.25) is 9.69 Å². The minimum atomic E-state index is -0.237. The van der Waals surface area contributed by atoms with Gasteiger partial charge in [0.25, 0.3) is 5.91 Å². The van der Waals surface area contributed by atoms with Crippen LogP contribution in [0.5, 0.6) is 17.2 Å². The van der Waals surface area contributed by atoms with Gasteiger partial charge >= 0.3 is 0 Å². The van der Waals surface area contributed by atoms with E-state index in [1.165, 1.54) is 0 Å². The molecular formula is C26H33N3O4. The monoisotopic (exact) mass is 451 g/mol. The molecule has 1 amide bonds. The van der Waals surface area contributed by atoms with Crippen LogP contribution in [0.25, 0.3) is 0 Å². The number of carbonyl (C=O) groups excluding carboxylic acids is 1. The third-order valence-electron chi connectivity index (χ3n) is 6.62. The highest BCUT2D eigenvalue weighted by Gasteiger charge is 2.36. The zero-order valence-corrected chi connectivity index (χ0v) is 19.9. The van der Waals surface area contributed by atoms with Gasteiger partial charge in [0.2, 0.25) is 0 Å². The van der Waals surface area contributed by atoms with Gasteiger partial charge in [-0.15, -0.1) is 0 Å². The molecule has 0 spiro atoms. The molecule has 176 valence electrons. The summed E-state index contributed by atoms with van der Waals surface area (Å²) in [5.74, 6) is 2.86. The maximum atomic E-state index is 13.5. The van der Waals surface area contributed by atoms with E-state index in [-0.39, 0.29) is 11.9 Å². The topological polar surface area (TPSA) is 63.6 Å². The van der Waals surface area contributed by atoms with Crippen molar-refractivity contribution in [2.45, 2.75) is 32.2 Å².